The van der Waals surface area contributed by atoms with Crippen molar-refractivity contribution in [1.29, 1.82) is 0 Å². The summed E-state index contributed by atoms with van der Waals surface area (Å²) in [5.41, 5.74) is 0. The molecule has 1 heterocycles. The van der Waals surface area contributed by atoms with Crippen LogP contribution in [0.4, 0.5) is 0 Å². The highest BCUT2D eigenvalue weighted by Crippen LogP contribution is 1.65. The molecule has 9 heavy (non-hydrogen) atoms. The minimum atomic E-state index is -2.68. The Labute approximate surface area is 79.0 Å². The maximum Gasteiger partial charge on any atom is 0.0441 e. The SMILES string of the molecule is Cl.Cl.O.[2H]C1([2H])NC([2H])([2H])C([2H])([2H])NC1([2H])[2H]. The molecular formula is C4H14Cl2N2O. The normalized spacial score (nSPS) is 51.6. The van der Waals surface area contributed by atoms with Crippen LogP contribution in [0.1, 0.15) is 11.0 Å². The van der Waals surface area contributed by atoms with Gasteiger partial charge in [0.1, 0.15) is 0 Å². The minimum absolute atomic E-state index is 0. The van der Waals surface area contributed by atoms with Crippen molar-refractivity contribution in [1.82, 2.24) is 10.6 Å². The predicted molar refractivity (Wildman–Crippen MR) is 43.8 cm³/mol. The fraction of sp³-hybridized carbons (Fsp3) is 1.00. The summed E-state index contributed by atoms with van der Waals surface area (Å²) in [6.45, 7) is -10.7. The lowest BCUT2D eigenvalue weighted by atomic mass is 10.4. The molecule has 1 saturated heterocycles. The van der Waals surface area contributed by atoms with Crippen LogP contribution in [0.15, 0.2) is 0 Å². The average molecular weight is 185 g/mol. The van der Waals surface area contributed by atoms with Crippen LogP contribution in [0.5, 0.6) is 0 Å². The highest BCUT2D eigenvalue weighted by atomic mass is 35.5. The number of piperazine rings is 1. The molecule has 3 nitrogen and oxygen atoms in total. The molecule has 0 spiro atoms. The van der Waals surface area contributed by atoms with Gasteiger partial charge in [-0.2, -0.15) is 0 Å². The minimum Gasteiger partial charge on any atom is -0.412 e. The van der Waals surface area contributed by atoms with Gasteiger partial charge in [-0.3, -0.25) is 0 Å². The number of nitrogens with one attached hydrogen (secondary N) is 2. The first-order chi connectivity index (χ1) is 5.91. The number of hydrogen-bond donors (Lipinski definition) is 2. The maximum atomic E-state index is 7.17. The van der Waals surface area contributed by atoms with Gasteiger partial charge in [-0.1, -0.05) is 0 Å². The fourth-order valence-electron chi connectivity index (χ4n) is 0.188. The van der Waals surface area contributed by atoms with Gasteiger partial charge >= 0.3 is 0 Å². The van der Waals surface area contributed by atoms with Crippen molar-refractivity contribution in [2.24, 2.45) is 0 Å². The van der Waals surface area contributed by atoms with Crippen LogP contribution in [0.25, 0.3) is 0 Å². The van der Waals surface area contributed by atoms with Gasteiger partial charge in [0.15, 0.2) is 0 Å². The van der Waals surface area contributed by atoms with E-state index in [2.05, 4.69) is 0 Å². The Bertz CT molecular complexity index is 212. The van der Waals surface area contributed by atoms with Crippen LogP contribution in [-0.4, -0.2) is 31.5 Å². The van der Waals surface area contributed by atoms with Gasteiger partial charge in [-0.05, 0) is 0 Å². The van der Waals surface area contributed by atoms with E-state index in [-0.39, 0.29) is 30.3 Å². The number of rotatable bonds is 0. The molecule has 0 unspecified atom stereocenters. The van der Waals surface area contributed by atoms with Gasteiger partial charge in [-0.25, -0.2) is 0 Å². The van der Waals surface area contributed by atoms with E-state index >= 15 is 0 Å². The van der Waals surface area contributed by atoms with E-state index in [0.717, 1.165) is 0 Å². The average Bonchev–Trinajstić information content (AvgIpc) is 1.78. The molecule has 0 saturated carbocycles. The zero-order valence-corrected chi connectivity index (χ0v) is 5.95. The highest BCUT2D eigenvalue weighted by molar-refractivity contribution is 5.85. The Kier molecular flexibility index (Phi) is 4.06. The van der Waals surface area contributed by atoms with Crippen molar-refractivity contribution in [3.63, 3.8) is 0 Å². The van der Waals surface area contributed by atoms with E-state index in [0.29, 0.717) is 0 Å². The summed E-state index contributed by atoms with van der Waals surface area (Å²) >= 11 is 0. The molecule has 4 N–H and O–H groups in total. The van der Waals surface area contributed by atoms with Crippen LogP contribution < -0.4 is 10.6 Å². The third-order valence-corrected chi connectivity index (χ3v) is 0.375. The molecule has 0 aliphatic carbocycles. The van der Waals surface area contributed by atoms with Gasteiger partial charge in [0.2, 0.25) is 0 Å². The summed E-state index contributed by atoms with van der Waals surface area (Å²) in [5, 5.41) is 3.33. The molecule has 0 aromatic carbocycles. The third-order valence-electron chi connectivity index (χ3n) is 0.375. The molecule has 1 rings (SSSR count). The molecule has 0 atom stereocenters. The third kappa shape index (κ3) is 8.46. The molecule has 0 amide bonds. The standard InChI is InChI=1S/C4H10N2.2ClH.H2O/c1-2-6-4-3-5-1;;;/h5-6H,1-4H2;2*1H;1H2/i1D2,2D2,3D2,4D2;;;. The number of halogens is 2. The molecule has 0 radical (unpaired) electrons. The van der Waals surface area contributed by atoms with Crippen molar-refractivity contribution in [3.8, 4) is 0 Å². The molecule has 0 aromatic rings. The maximum absolute atomic E-state index is 7.17. The van der Waals surface area contributed by atoms with E-state index < -0.39 is 26.0 Å². The van der Waals surface area contributed by atoms with Crippen molar-refractivity contribution in [2.75, 3.05) is 26.0 Å². The summed E-state index contributed by atoms with van der Waals surface area (Å²) < 4.78 is 57.4. The summed E-state index contributed by atoms with van der Waals surface area (Å²) in [4.78, 5) is 0. The Morgan fingerprint density at radius 3 is 1.33 bits per heavy atom. The molecule has 60 valence electrons. The topological polar surface area (TPSA) is 55.6 Å². The molecule has 1 aliphatic rings. The Hall–Kier alpha value is 0.460. The lowest BCUT2D eigenvalue weighted by Crippen LogP contribution is -2.39. The zero-order valence-electron chi connectivity index (χ0n) is 12.3. The van der Waals surface area contributed by atoms with Crippen LogP contribution in [-0.2, 0) is 0 Å². The van der Waals surface area contributed by atoms with E-state index in [9.17, 15) is 0 Å². The molecule has 1 fully saturated rings. The Morgan fingerprint density at radius 1 is 0.889 bits per heavy atom. The number of hydrogen-bond acceptors (Lipinski definition) is 2. The lowest BCUT2D eigenvalue weighted by Gasteiger charge is -2.11. The first-order valence-corrected chi connectivity index (χ1v) is 1.50. The van der Waals surface area contributed by atoms with Crippen LogP contribution in [0.3, 0.4) is 0 Å². The van der Waals surface area contributed by atoms with Crippen LogP contribution >= 0.6 is 24.8 Å². The second-order valence-electron chi connectivity index (χ2n) is 0.750. The first kappa shape index (κ1) is 3.24. The molecule has 5 heteroatoms. The summed E-state index contributed by atoms with van der Waals surface area (Å²) in [6.07, 6.45) is 0. The van der Waals surface area contributed by atoms with E-state index in [1.165, 1.54) is 0 Å². The predicted octanol–water partition coefficient (Wildman–Crippen LogP) is -0.802. The molecule has 0 aromatic heterocycles. The fourth-order valence-corrected chi connectivity index (χ4v) is 0.188. The first-order valence-electron chi connectivity index (χ1n) is 5.50. The Morgan fingerprint density at radius 2 is 1.11 bits per heavy atom. The van der Waals surface area contributed by atoms with Gasteiger partial charge in [0.25, 0.3) is 0 Å². The monoisotopic (exact) mass is 184 g/mol. The van der Waals surface area contributed by atoms with E-state index in [1.54, 1.807) is 10.6 Å². The lowest BCUT2D eigenvalue weighted by molar-refractivity contribution is 0.534. The summed E-state index contributed by atoms with van der Waals surface area (Å²) in [6, 6.07) is 0. The van der Waals surface area contributed by atoms with Crippen molar-refractivity contribution < 1.29 is 16.4 Å². The van der Waals surface area contributed by atoms with Crippen molar-refractivity contribution >= 4 is 24.8 Å². The largest absolute Gasteiger partial charge is 0.412 e. The van der Waals surface area contributed by atoms with Gasteiger partial charge in [0, 0.05) is 37.0 Å². The van der Waals surface area contributed by atoms with Gasteiger partial charge in [0.05, 0.1) is 0 Å². The second kappa shape index (κ2) is 11.3. The van der Waals surface area contributed by atoms with E-state index in [4.69, 9.17) is 11.0 Å². The quantitative estimate of drug-likeness (QED) is 0.519. The summed E-state index contributed by atoms with van der Waals surface area (Å²) in [5.74, 6) is 0. The molecule has 1 aliphatic heterocycles. The van der Waals surface area contributed by atoms with Gasteiger partial charge < -0.3 is 16.1 Å². The zero-order chi connectivity index (χ0) is 11.4. The van der Waals surface area contributed by atoms with Crippen molar-refractivity contribution in [3.05, 3.63) is 0 Å². The van der Waals surface area contributed by atoms with Crippen molar-refractivity contribution in [2.45, 2.75) is 0 Å². The highest BCUT2D eigenvalue weighted by Gasteiger charge is 1.91. The molecule has 0 bridgehead atoms. The van der Waals surface area contributed by atoms with Gasteiger partial charge in [-0.15, -0.1) is 24.8 Å². The summed E-state index contributed by atoms with van der Waals surface area (Å²) in [7, 11) is 0. The smallest absolute Gasteiger partial charge is 0.0441 e. The van der Waals surface area contributed by atoms with E-state index in [1.807, 2.05) is 0 Å². The Balaban J connectivity index is -0.000000653. The second-order valence-corrected chi connectivity index (χ2v) is 0.750. The molecular weight excluding hydrogens is 163 g/mol. The van der Waals surface area contributed by atoms with Crippen LogP contribution in [0.2, 0.25) is 0 Å². The van der Waals surface area contributed by atoms with Crippen LogP contribution in [0, 0.1) is 0 Å².